The van der Waals surface area contributed by atoms with Gasteiger partial charge in [0.25, 0.3) is 0 Å². The van der Waals surface area contributed by atoms with Crippen LogP contribution in [0.4, 0.5) is 4.39 Å². The molecule has 0 heterocycles. The van der Waals surface area contributed by atoms with E-state index in [9.17, 15) is 14.0 Å². The molecular weight excluding hydrogens is 414 g/mol. The van der Waals surface area contributed by atoms with Crippen molar-refractivity contribution in [2.24, 2.45) is 0 Å². The van der Waals surface area contributed by atoms with E-state index in [1.807, 2.05) is 0 Å². The summed E-state index contributed by atoms with van der Waals surface area (Å²) in [5.74, 6) is -1.25. The molecule has 0 spiro atoms. The van der Waals surface area contributed by atoms with E-state index in [1.165, 1.54) is 17.0 Å². The summed E-state index contributed by atoms with van der Waals surface area (Å²) in [6.07, 6.45) is 4.02. The third kappa shape index (κ3) is 5.71. The molecule has 4 nitrogen and oxygen atoms in total. The number of carbonyl (C=O) groups excluding carboxylic acids is 2. The van der Waals surface area contributed by atoms with Crippen molar-refractivity contribution in [3.63, 3.8) is 0 Å². The lowest BCUT2D eigenvalue weighted by molar-refractivity contribution is -0.140. The van der Waals surface area contributed by atoms with Crippen LogP contribution in [0.5, 0.6) is 0 Å². The Labute approximate surface area is 180 Å². The summed E-state index contributed by atoms with van der Waals surface area (Å²) in [5, 5.41) is 3.62. The van der Waals surface area contributed by atoms with Gasteiger partial charge in [0.1, 0.15) is 17.7 Å². The minimum Gasteiger partial charge on any atom is -0.351 e. The third-order valence-electron chi connectivity index (χ3n) is 5.15. The smallest absolute Gasteiger partial charge is 0.247 e. The summed E-state index contributed by atoms with van der Waals surface area (Å²) in [5.41, 5.74) is 1.35. The Hall–Kier alpha value is -2.11. The SMILES string of the molecule is O=C(NC1CCCC1)[C@@H](c1ccc(Cl)cc1)N(Cc1ccc(F)cc1)C(=O)CCl. The van der Waals surface area contributed by atoms with Crippen LogP contribution >= 0.6 is 23.2 Å². The number of rotatable bonds is 7. The van der Waals surface area contributed by atoms with Gasteiger partial charge in [-0.1, -0.05) is 48.7 Å². The van der Waals surface area contributed by atoms with E-state index in [4.69, 9.17) is 23.2 Å². The molecule has 1 fully saturated rings. The molecule has 2 aromatic rings. The van der Waals surface area contributed by atoms with E-state index < -0.39 is 6.04 Å². The molecule has 0 radical (unpaired) electrons. The summed E-state index contributed by atoms with van der Waals surface area (Å²) in [4.78, 5) is 27.4. The van der Waals surface area contributed by atoms with Crippen LogP contribution in [0.3, 0.4) is 0 Å². The van der Waals surface area contributed by atoms with Crippen molar-refractivity contribution in [2.45, 2.75) is 44.3 Å². The first kappa shape index (κ1) is 21.6. The lowest BCUT2D eigenvalue weighted by atomic mass is 10.0. The average Bonchev–Trinajstić information content (AvgIpc) is 3.22. The molecular formula is C22H23Cl2FN2O2. The molecule has 154 valence electrons. The summed E-state index contributed by atoms with van der Waals surface area (Å²) in [6.45, 7) is 0.136. The van der Waals surface area contributed by atoms with Crippen molar-refractivity contribution in [3.8, 4) is 0 Å². The maximum atomic E-state index is 13.3. The Morgan fingerprint density at radius 1 is 1.07 bits per heavy atom. The van der Waals surface area contributed by atoms with Crippen LogP contribution in [-0.4, -0.2) is 28.6 Å². The fraction of sp³-hybridized carbons (Fsp3) is 0.364. The highest BCUT2D eigenvalue weighted by Crippen LogP contribution is 2.27. The number of hydrogen-bond donors (Lipinski definition) is 1. The number of nitrogens with one attached hydrogen (secondary N) is 1. The maximum absolute atomic E-state index is 13.3. The van der Waals surface area contributed by atoms with Gasteiger partial charge in [0.05, 0.1) is 0 Å². The van der Waals surface area contributed by atoms with Crippen LogP contribution in [0, 0.1) is 5.82 Å². The van der Waals surface area contributed by atoms with E-state index >= 15 is 0 Å². The highest BCUT2D eigenvalue weighted by atomic mass is 35.5. The topological polar surface area (TPSA) is 49.4 Å². The first-order valence-electron chi connectivity index (χ1n) is 9.63. The molecule has 29 heavy (non-hydrogen) atoms. The Bertz CT molecular complexity index is 837. The van der Waals surface area contributed by atoms with Gasteiger partial charge in [0, 0.05) is 17.6 Å². The summed E-state index contributed by atoms with van der Waals surface area (Å²) >= 11 is 11.9. The summed E-state index contributed by atoms with van der Waals surface area (Å²) in [6, 6.07) is 11.9. The molecule has 7 heteroatoms. The molecule has 1 aliphatic carbocycles. The van der Waals surface area contributed by atoms with E-state index in [1.54, 1.807) is 36.4 Å². The molecule has 0 aliphatic heterocycles. The molecule has 3 rings (SSSR count). The van der Waals surface area contributed by atoms with Gasteiger partial charge in [-0.15, -0.1) is 11.6 Å². The zero-order valence-electron chi connectivity index (χ0n) is 15.9. The van der Waals surface area contributed by atoms with Gasteiger partial charge < -0.3 is 10.2 Å². The van der Waals surface area contributed by atoms with Crippen LogP contribution in [0.1, 0.15) is 42.9 Å². The summed E-state index contributed by atoms with van der Waals surface area (Å²) in [7, 11) is 0. The fourth-order valence-corrected chi connectivity index (χ4v) is 3.93. The normalized spacial score (nSPS) is 15.1. The standard InChI is InChI=1S/C22H23Cl2FN2O2/c23-13-20(28)27(14-15-5-11-18(25)12-6-15)21(16-7-9-17(24)10-8-16)22(29)26-19-3-1-2-4-19/h5-12,19,21H,1-4,13-14H2,(H,26,29)/t21-/m1/s1. The highest BCUT2D eigenvalue weighted by Gasteiger charge is 2.32. The van der Waals surface area contributed by atoms with Gasteiger partial charge in [-0.2, -0.15) is 0 Å². The minimum absolute atomic E-state index is 0.107. The van der Waals surface area contributed by atoms with E-state index in [0.29, 0.717) is 16.1 Å². The molecule has 0 aromatic heterocycles. The molecule has 2 aromatic carbocycles. The van der Waals surface area contributed by atoms with Crippen LogP contribution in [0.25, 0.3) is 0 Å². The van der Waals surface area contributed by atoms with Crippen LogP contribution in [-0.2, 0) is 16.1 Å². The molecule has 0 unspecified atom stereocenters. The van der Waals surface area contributed by atoms with Gasteiger partial charge in [0.2, 0.25) is 11.8 Å². The molecule has 0 saturated heterocycles. The van der Waals surface area contributed by atoms with Crippen molar-refractivity contribution in [2.75, 3.05) is 5.88 Å². The van der Waals surface area contributed by atoms with Gasteiger partial charge in [-0.05, 0) is 48.2 Å². The number of amides is 2. The van der Waals surface area contributed by atoms with Gasteiger partial charge in [0.15, 0.2) is 0 Å². The Balaban J connectivity index is 1.94. The zero-order chi connectivity index (χ0) is 20.8. The van der Waals surface area contributed by atoms with E-state index in [2.05, 4.69) is 5.32 Å². The quantitative estimate of drug-likeness (QED) is 0.630. The van der Waals surface area contributed by atoms with E-state index in [-0.39, 0.29) is 36.1 Å². The predicted molar refractivity (Wildman–Crippen MR) is 112 cm³/mol. The molecule has 1 N–H and O–H groups in total. The molecule has 2 amide bonds. The molecule has 1 aliphatic rings. The maximum Gasteiger partial charge on any atom is 0.247 e. The zero-order valence-corrected chi connectivity index (χ0v) is 17.4. The second kappa shape index (κ2) is 10.1. The van der Waals surface area contributed by atoms with Crippen molar-refractivity contribution < 1.29 is 14.0 Å². The number of benzene rings is 2. The Morgan fingerprint density at radius 2 is 1.69 bits per heavy atom. The lowest BCUT2D eigenvalue weighted by Gasteiger charge is -2.32. The number of halogens is 3. The fourth-order valence-electron chi connectivity index (χ4n) is 3.65. The van der Waals surface area contributed by atoms with Crippen molar-refractivity contribution in [1.29, 1.82) is 0 Å². The summed E-state index contributed by atoms with van der Waals surface area (Å²) < 4.78 is 13.3. The minimum atomic E-state index is -0.857. The molecule has 1 saturated carbocycles. The van der Waals surface area contributed by atoms with Gasteiger partial charge >= 0.3 is 0 Å². The Morgan fingerprint density at radius 3 is 2.28 bits per heavy atom. The predicted octanol–water partition coefficient (Wildman–Crippen LogP) is 4.85. The van der Waals surface area contributed by atoms with Gasteiger partial charge in [-0.3, -0.25) is 9.59 Å². The van der Waals surface area contributed by atoms with Crippen LogP contribution < -0.4 is 5.32 Å². The highest BCUT2D eigenvalue weighted by molar-refractivity contribution is 6.30. The largest absolute Gasteiger partial charge is 0.351 e. The van der Waals surface area contributed by atoms with Crippen molar-refractivity contribution >= 4 is 35.0 Å². The number of alkyl halides is 1. The van der Waals surface area contributed by atoms with Gasteiger partial charge in [-0.25, -0.2) is 4.39 Å². The molecule has 1 atom stereocenters. The molecule has 0 bridgehead atoms. The number of hydrogen-bond acceptors (Lipinski definition) is 2. The van der Waals surface area contributed by atoms with Crippen LogP contribution in [0.2, 0.25) is 5.02 Å². The van der Waals surface area contributed by atoms with E-state index in [0.717, 1.165) is 25.7 Å². The number of carbonyl (C=O) groups is 2. The average molecular weight is 437 g/mol. The monoisotopic (exact) mass is 436 g/mol. The number of nitrogens with zero attached hydrogens (tertiary/aromatic N) is 1. The van der Waals surface area contributed by atoms with Crippen molar-refractivity contribution in [1.82, 2.24) is 10.2 Å². The first-order chi connectivity index (χ1) is 14.0. The third-order valence-corrected chi connectivity index (χ3v) is 5.63. The lowest BCUT2D eigenvalue weighted by Crippen LogP contribution is -2.46. The second-order valence-electron chi connectivity index (χ2n) is 7.23. The second-order valence-corrected chi connectivity index (χ2v) is 7.93. The van der Waals surface area contributed by atoms with Crippen molar-refractivity contribution in [3.05, 3.63) is 70.5 Å². The Kier molecular flexibility index (Phi) is 7.51. The first-order valence-corrected chi connectivity index (χ1v) is 10.5. The van der Waals surface area contributed by atoms with Crippen LogP contribution in [0.15, 0.2) is 48.5 Å².